The normalized spacial score (nSPS) is 23.3. The zero-order chi connectivity index (χ0) is 17.0. The predicted molar refractivity (Wildman–Crippen MR) is 89.8 cm³/mol. The molecule has 132 valence electrons. The molecule has 0 aliphatic carbocycles. The molecule has 0 radical (unpaired) electrons. The summed E-state index contributed by atoms with van der Waals surface area (Å²) in [6, 6.07) is -0.300. The Morgan fingerprint density at radius 3 is 2.35 bits per heavy atom. The second-order valence-electron chi connectivity index (χ2n) is 7.59. The van der Waals surface area contributed by atoms with Gasteiger partial charge in [0.1, 0.15) is 6.04 Å². The smallest absolute Gasteiger partial charge is 0.245 e. The second kappa shape index (κ2) is 8.13. The topological polar surface area (TPSA) is 60.9 Å². The average molecular weight is 324 g/mol. The molecule has 0 aromatic rings. The van der Waals surface area contributed by atoms with Crippen LogP contribution in [-0.2, 0) is 9.59 Å². The Hall–Kier alpha value is -1.10. The van der Waals surface area contributed by atoms with Gasteiger partial charge in [-0.1, -0.05) is 13.8 Å². The Morgan fingerprint density at radius 2 is 1.83 bits per heavy atom. The number of likely N-dealkylation sites (tertiary alicyclic amines) is 2. The lowest BCUT2D eigenvalue weighted by Crippen LogP contribution is -2.54. The fraction of sp³-hybridized carbons (Fsp3) is 0.889. The lowest BCUT2D eigenvalue weighted by molar-refractivity contribution is -0.149. The van der Waals surface area contributed by atoms with Crippen molar-refractivity contribution in [2.75, 3.05) is 19.6 Å². The molecule has 2 rings (SSSR count). The molecule has 5 heteroatoms. The van der Waals surface area contributed by atoms with Crippen LogP contribution in [0.1, 0.15) is 59.3 Å². The molecule has 0 spiro atoms. The lowest BCUT2D eigenvalue weighted by Gasteiger charge is -2.40. The summed E-state index contributed by atoms with van der Waals surface area (Å²) in [4.78, 5) is 29.0. The molecule has 0 unspecified atom stereocenters. The summed E-state index contributed by atoms with van der Waals surface area (Å²) in [6.45, 7) is 8.15. The Kier molecular flexibility index (Phi) is 6.45. The van der Waals surface area contributed by atoms with Crippen molar-refractivity contribution in [1.29, 1.82) is 0 Å². The van der Waals surface area contributed by atoms with Gasteiger partial charge in [-0.3, -0.25) is 9.59 Å². The van der Waals surface area contributed by atoms with Crippen LogP contribution in [0.3, 0.4) is 0 Å². The summed E-state index contributed by atoms with van der Waals surface area (Å²) in [5, 5.41) is 9.71. The van der Waals surface area contributed by atoms with Crippen LogP contribution < -0.4 is 0 Å². The number of aliphatic hydroxyl groups excluding tert-OH is 1. The highest BCUT2D eigenvalue weighted by molar-refractivity contribution is 5.88. The van der Waals surface area contributed by atoms with E-state index in [-0.39, 0.29) is 24.0 Å². The summed E-state index contributed by atoms with van der Waals surface area (Å²) in [5.74, 6) is 0.917. The molecule has 0 bridgehead atoms. The largest absolute Gasteiger partial charge is 0.393 e. The van der Waals surface area contributed by atoms with Gasteiger partial charge in [0.15, 0.2) is 0 Å². The molecule has 2 aliphatic heterocycles. The van der Waals surface area contributed by atoms with Crippen molar-refractivity contribution in [3.8, 4) is 0 Å². The van der Waals surface area contributed by atoms with E-state index in [0.29, 0.717) is 37.9 Å². The Morgan fingerprint density at radius 1 is 1.17 bits per heavy atom. The molecule has 2 aliphatic rings. The number of amides is 2. The van der Waals surface area contributed by atoms with Gasteiger partial charge in [-0.2, -0.15) is 0 Å². The molecule has 2 fully saturated rings. The molecule has 2 amide bonds. The van der Waals surface area contributed by atoms with Gasteiger partial charge in [-0.25, -0.2) is 0 Å². The van der Waals surface area contributed by atoms with Gasteiger partial charge in [0.05, 0.1) is 6.10 Å². The van der Waals surface area contributed by atoms with Crippen LogP contribution in [0.15, 0.2) is 0 Å². The number of hydrogen-bond donors (Lipinski definition) is 1. The van der Waals surface area contributed by atoms with Gasteiger partial charge >= 0.3 is 0 Å². The number of nitrogens with zero attached hydrogens (tertiary/aromatic N) is 2. The highest BCUT2D eigenvalue weighted by Crippen LogP contribution is 2.25. The first-order valence-corrected chi connectivity index (χ1v) is 9.16. The molecule has 1 N–H and O–H groups in total. The maximum absolute atomic E-state index is 13.0. The maximum atomic E-state index is 13.0. The van der Waals surface area contributed by atoms with Crippen molar-refractivity contribution < 1.29 is 14.7 Å². The first-order valence-electron chi connectivity index (χ1n) is 9.16. The maximum Gasteiger partial charge on any atom is 0.245 e. The van der Waals surface area contributed by atoms with Crippen molar-refractivity contribution in [2.24, 2.45) is 11.8 Å². The average Bonchev–Trinajstić information content (AvgIpc) is 2.52. The molecule has 2 saturated heterocycles. The summed E-state index contributed by atoms with van der Waals surface area (Å²) >= 11 is 0. The van der Waals surface area contributed by atoms with Crippen LogP contribution in [0.5, 0.6) is 0 Å². The quantitative estimate of drug-likeness (QED) is 0.842. The minimum absolute atomic E-state index is 0.109. The van der Waals surface area contributed by atoms with E-state index in [0.717, 1.165) is 32.1 Å². The minimum atomic E-state index is -0.303. The highest BCUT2D eigenvalue weighted by atomic mass is 16.3. The molecule has 0 aromatic heterocycles. The highest BCUT2D eigenvalue weighted by Gasteiger charge is 2.36. The van der Waals surface area contributed by atoms with Crippen LogP contribution in [0.25, 0.3) is 0 Å². The van der Waals surface area contributed by atoms with Crippen LogP contribution in [-0.4, -0.2) is 58.5 Å². The summed E-state index contributed by atoms with van der Waals surface area (Å²) in [6.07, 6.45) is 4.65. The van der Waals surface area contributed by atoms with Crippen LogP contribution >= 0.6 is 0 Å². The van der Waals surface area contributed by atoms with Gasteiger partial charge in [-0.05, 0) is 50.9 Å². The van der Waals surface area contributed by atoms with Gasteiger partial charge in [0.2, 0.25) is 11.8 Å². The fourth-order valence-corrected chi connectivity index (χ4v) is 3.78. The van der Waals surface area contributed by atoms with Crippen molar-refractivity contribution in [3.05, 3.63) is 0 Å². The molecule has 23 heavy (non-hydrogen) atoms. The molecular formula is C18H32N2O3. The molecule has 0 saturated carbocycles. The third-order valence-electron chi connectivity index (χ3n) is 5.25. The van der Waals surface area contributed by atoms with Gasteiger partial charge < -0.3 is 14.9 Å². The van der Waals surface area contributed by atoms with E-state index in [9.17, 15) is 14.7 Å². The monoisotopic (exact) mass is 324 g/mol. The summed E-state index contributed by atoms with van der Waals surface area (Å²) in [7, 11) is 0. The van der Waals surface area contributed by atoms with Crippen LogP contribution in [0, 0.1) is 11.8 Å². The van der Waals surface area contributed by atoms with Crippen molar-refractivity contribution >= 4 is 11.8 Å². The van der Waals surface area contributed by atoms with E-state index in [4.69, 9.17) is 0 Å². The third-order valence-corrected chi connectivity index (χ3v) is 5.25. The van der Waals surface area contributed by atoms with Crippen molar-refractivity contribution in [1.82, 2.24) is 9.80 Å². The Bertz CT molecular complexity index is 414. The molecule has 2 atom stereocenters. The number of aliphatic hydroxyl groups is 1. The van der Waals surface area contributed by atoms with E-state index >= 15 is 0 Å². The number of hydrogen-bond acceptors (Lipinski definition) is 3. The van der Waals surface area contributed by atoms with E-state index in [1.54, 1.807) is 0 Å². The second-order valence-corrected chi connectivity index (χ2v) is 7.59. The SMILES string of the molecule is CC(C)C[C@H](C(=O)N1CCC([C@H](C)O)CC1)N1CCCCC1=O. The van der Waals surface area contributed by atoms with E-state index in [1.807, 2.05) is 16.7 Å². The van der Waals surface area contributed by atoms with Gasteiger partial charge in [0.25, 0.3) is 0 Å². The molecule has 2 heterocycles. The summed E-state index contributed by atoms with van der Waals surface area (Å²) in [5.41, 5.74) is 0. The molecule has 5 nitrogen and oxygen atoms in total. The number of rotatable bonds is 5. The van der Waals surface area contributed by atoms with Crippen molar-refractivity contribution in [3.63, 3.8) is 0 Å². The Labute approximate surface area is 140 Å². The first kappa shape index (κ1) is 18.2. The zero-order valence-corrected chi connectivity index (χ0v) is 14.8. The fourth-order valence-electron chi connectivity index (χ4n) is 3.78. The van der Waals surface area contributed by atoms with E-state index in [1.165, 1.54) is 0 Å². The van der Waals surface area contributed by atoms with Gasteiger partial charge in [-0.15, -0.1) is 0 Å². The first-order chi connectivity index (χ1) is 10.9. The molecular weight excluding hydrogens is 292 g/mol. The van der Waals surface area contributed by atoms with Crippen LogP contribution in [0.2, 0.25) is 0 Å². The van der Waals surface area contributed by atoms with Crippen molar-refractivity contribution in [2.45, 2.75) is 71.4 Å². The zero-order valence-electron chi connectivity index (χ0n) is 14.8. The Balaban J connectivity index is 2.03. The number of piperidine rings is 2. The predicted octanol–water partition coefficient (Wildman–Crippen LogP) is 2.03. The minimum Gasteiger partial charge on any atom is -0.393 e. The standard InChI is InChI=1S/C18H32N2O3/c1-13(2)12-16(20-9-5-4-6-17(20)22)18(23)19-10-7-15(8-11-19)14(3)21/h13-16,21H,4-12H2,1-3H3/t14-,16+/m0/s1. The van der Waals surface area contributed by atoms with Crippen LogP contribution in [0.4, 0.5) is 0 Å². The van der Waals surface area contributed by atoms with E-state index < -0.39 is 0 Å². The number of carbonyl (C=O) groups is 2. The molecule has 0 aromatic carbocycles. The lowest BCUT2D eigenvalue weighted by atomic mass is 9.91. The van der Waals surface area contributed by atoms with E-state index in [2.05, 4.69) is 13.8 Å². The van der Waals surface area contributed by atoms with Gasteiger partial charge in [0, 0.05) is 26.1 Å². The third kappa shape index (κ3) is 4.69. The number of carbonyl (C=O) groups excluding carboxylic acids is 2. The summed E-state index contributed by atoms with van der Waals surface area (Å²) < 4.78 is 0.